The van der Waals surface area contributed by atoms with Gasteiger partial charge in [0.2, 0.25) is 0 Å². The summed E-state index contributed by atoms with van der Waals surface area (Å²) in [5, 5.41) is 32.1. The maximum atomic E-state index is 8.49. The summed E-state index contributed by atoms with van der Waals surface area (Å²) >= 11 is 0. The molecule has 0 saturated carbocycles. The van der Waals surface area contributed by atoms with Crippen LogP contribution in [0.15, 0.2) is 243 Å². The van der Waals surface area contributed by atoms with Crippen LogP contribution in [0.25, 0.3) is 43.6 Å². The SMILES string of the molecule is CC#N.CC#N.O.O.[Cu+].[Cu+].[O-][Cl+3]([O-])([O-])[O-].[O-][Cl+3]([O-])([O-])[O-].c1ccc(P(CNc2ccc(NCP(c3ccccc3)c3ccccc3)cc2)c2ccccc2)cc1.c1cnc2c(c1)ccc1cccnc12.c1cnc2c(c1)ccc1cccnc12. The van der Waals surface area contributed by atoms with Crippen LogP contribution in [-0.2, 0) is 34.1 Å². The second-order valence-corrected chi connectivity index (χ2v) is 22.0. The number of aromatic nitrogens is 4. The van der Waals surface area contributed by atoms with Crippen molar-refractivity contribution in [3.63, 3.8) is 0 Å². The number of hydrogen-bond donors (Lipinski definition) is 2. The maximum Gasteiger partial charge on any atom is 1.00 e. The quantitative estimate of drug-likeness (QED) is 0.113. The average Bonchev–Trinajstić information content (AvgIpc) is 3.68. The second-order valence-electron chi connectivity index (χ2n) is 16.1. The first-order chi connectivity index (χ1) is 38.6. The van der Waals surface area contributed by atoms with Crippen molar-refractivity contribution >= 4 is 92.0 Å². The van der Waals surface area contributed by atoms with E-state index < -0.39 is 36.3 Å². The molecule has 0 aliphatic carbocycles. The molecule has 0 unspecified atom stereocenters. The Morgan fingerprint density at radius 1 is 0.345 bits per heavy atom. The van der Waals surface area contributed by atoms with E-state index in [1.807, 2.05) is 24.3 Å². The molecule has 0 bridgehead atoms. The molecule has 0 aliphatic rings. The Balaban J connectivity index is 0.000000605. The summed E-state index contributed by atoms with van der Waals surface area (Å²) < 4.78 is 67.9. The molecule has 11 aromatic rings. The van der Waals surface area contributed by atoms with Crippen molar-refractivity contribution in [2.24, 2.45) is 0 Å². The fraction of sp³-hybridized carbons (Fsp3) is 0.0667. The summed E-state index contributed by atoms with van der Waals surface area (Å²) in [5.74, 6) is 0. The fourth-order valence-electron chi connectivity index (χ4n) is 7.50. The molecule has 0 aliphatic heterocycles. The Kier molecular flexibility index (Phi) is 35.8. The molecule has 6 N–H and O–H groups in total. The fourth-order valence-corrected chi connectivity index (χ4v) is 11.6. The molecule has 11 rings (SSSR count). The number of nitrogens with zero attached hydrogens (tertiary/aromatic N) is 6. The van der Waals surface area contributed by atoms with Gasteiger partial charge in [0.05, 0.1) is 34.2 Å². The molecule has 0 amide bonds. The van der Waals surface area contributed by atoms with Gasteiger partial charge < -0.3 is 21.6 Å². The standard InChI is InChI=1S/C32H30N2P2.2C12H8N2.2C2H3N.2ClHO4.2Cu.2H2O/c1-5-13-29(14-6-1)35(30-15-7-2-8-16-30)25-33-27-21-23-28(24-22-27)34-26-36(31-17-9-3-10-18-31)32-19-11-4-12-20-32;2*1-3-9-5-6-10-4-2-8-14-12(10)11(9)13-7-1;2*1-2-3;2*2-1(3,4)5;;;;/h1-24,33-34H,25-26H2;2*1-8H;2*1H3;2*(H,2,3,4,5);;;2*1H2/q;;;;;;;2*+1;;/p-2. The van der Waals surface area contributed by atoms with Crippen LogP contribution in [0.2, 0.25) is 0 Å². The average molecular weight is 1310 g/mol. The number of halogens is 2. The first kappa shape index (κ1) is 74.9. The minimum absolute atomic E-state index is 0. The molecule has 4 heterocycles. The van der Waals surface area contributed by atoms with Crippen molar-refractivity contribution in [2.45, 2.75) is 13.8 Å². The van der Waals surface area contributed by atoms with Gasteiger partial charge in [-0.15, -0.1) is 20.5 Å². The van der Waals surface area contributed by atoms with Gasteiger partial charge in [-0.3, -0.25) is 19.9 Å². The van der Waals surface area contributed by atoms with Gasteiger partial charge >= 0.3 is 34.1 Å². The van der Waals surface area contributed by atoms with Gasteiger partial charge in [-0.05, 0) is 85.6 Å². The van der Waals surface area contributed by atoms with E-state index in [1.54, 1.807) is 36.9 Å². The molecule has 0 saturated heterocycles. The van der Waals surface area contributed by atoms with E-state index in [2.05, 4.69) is 225 Å². The Labute approximate surface area is 514 Å². The van der Waals surface area contributed by atoms with Crippen LogP contribution in [-0.4, -0.2) is 43.5 Å². The number of pyridine rings is 4. The van der Waals surface area contributed by atoms with Crippen LogP contribution in [0, 0.1) is 43.1 Å². The van der Waals surface area contributed by atoms with E-state index in [9.17, 15) is 0 Å². The van der Waals surface area contributed by atoms with Crippen LogP contribution >= 0.6 is 15.8 Å². The van der Waals surface area contributed by atoms with Gasteiger partial charge in [0.1, 0.15) is 0 Å². The predicted octanol–water partition coefficient (Wildman–Crippen LogP) is 2.15. The van der Waals surface area contributed by atoms with Crippen molar-refractivity contribution in [1.82, 2.24) is 19.9 Å². The van der Waals surface area contributed by atoms with E-state index in [0.29, 0.717) is 0 Å². The Hall–Kier alpha value is -7.16. The third-order valence-corrected chi connectivity index (χ3v) is 15.4. The number of hydrogen-bond acceptors (Lipinski definition) is 16. The molecular formula is C60H56Cl2Cu2N8O10P2. The van der Waals surface area contributed by atoms with Gasteiger partial charge in [-0.2, -0.15) is 10.5 Å². The van der Waals surface area contributed by atoms with E-state index >= 15 is 0 Å². The smallest absolute Gasteiger partial charge is 0.412 e. The number of nitrogens with one attached hydrogen (secondary N) is 2. The number of anilines is 2. The Morgan fingerprint density at radius 2 is 0.536 bits per heavy atom. The van der Waals surface area contributed by atoms with Crippen LogP contribution in [0.3, 0.4) is 0 Å². The summed E-state index contributed by atoms with van der Waals surface area (Å²) in [6, 6.07) is 79.8. The zero-order valence-corrected chi connectivity index (χ0v) is 49.9. The van der Waals surface area contributed by atoms with E-state index in [0.717, 1.165) is 67.6 Å². The molecular weight excluding hydrogens is 1250 g/mol. The number of rotatable bonds is 10. The minimum atomic E-state index is -4.94. The van der Waals surface area contributed by atoms with E-state index in [4.69, 9.17) is 47.8 Å². The van der Waals surface area contributed by atoms with Crippen LogP contribution in [0.4, 0.5) is 11.4 Å². The summed E-state index contributed by atoms with van der Waals surface area (Å²) in [7, 11) is -10.8. The zero-order chi connectivity index (χ0) is 57.6. The molecule has 18 nitrogen and oxygen atoms in total. The van der Waals surface area contributed by atoms with Crippen molar-refractivity contribution in [1.29, 1.82) is 10.5 Å². The molecule has 0 fully saturated rings. The molecule has 4 aromatic heterocycles. The van der Waals surface area contributed by atoms with E-state index in [1.165, 1.54) is 35.1 Å². The first-order valence-electron chi connectivity index (χ1n) is 23.9. The Bertz CT molecular complexity index is 3220. The molecule has 24 heteroatoms. The summed E-state index contributed by atoms with van der Waals surface area (Å²) in [6.45, 7) is 2.86. The summed E-state index contributed by atoms with van der Waals surface area (Å²) in [5.41, 5.74) is 6.20. The molecule has 0 radical (unpaired) electrons. The topological polar surface area (TPSA) is 371 Å². The van der Waals surface area contributed by atoms with Gasteiger partial charge in [-0.25, -0.2) is 37.3 Å². The van der Waals surface area contributed by atoms with Gasteiger partial charge in [-0.1, -0.05) is 170 Å². The van der Waals surface area contributed by atoms with Crippen LogP contribution in [0.1, 0.15) is 13.8 Å². The summed E-state index contributed by atoms with van der Waals surface area (Å²) in [6.07, 6.45) is 9.02. The van der Waals surface area contributed by atoms with Gasteiger partial charge in [0, 0.05) is 84.1 Å². The third-order valence-electron chi connectivity index (χ3n) is 10.7. The molecule has 0 spiro atoms. The van der Waals surface area contributed by atoms with Crippen molar-refractivity contribution in [3.05, 3.63) is 243 Å². The van der Waals surface area contributed by atoms with Crippen molar-refractivity contribution in [3.8, 4) is 12.1 Å². The second kappa shape index (κ2) is 40.2. The Morgan fingerprint density at radius 3 is 0.726 bits per heavy atom. The molecule has 0 atom stereocenters. The van der Waals surface area contributed by atoms with Gasteiger partial charge in [0.25, 0.3) is 0 Å². The van der Waals surface area contributed by atoms with Crippen molar-refractivity contribution in [2.75, 3.05) is 23.2 Å². The number of fused-ring (bicyclic) bond motifs is 6. The van der Waals surface area contributed by atoms with Gasteiger partial charge in [0.15, 0.2) is 0 Å². The third kappa shape index (κ3) is 27.0. The zero-order valence-electron chi connectivity index (χ0n) is 44.7. The monoisotopic (exact) mass is 1310 g/mol. The normalized spacial score (nSPS) is 9.93. The molecule has 442 valence electrons. The predicted molar refractivity (Wildman–Crippen MR) is 305 cm³/mol. The van der Waals surface area contributed by atoms with Crippen LogP contribution in [0.5, 0.6) is 0 Å². The van der Waals surface area contributed by atoms with Crippen LogP contribution < -0.4 is 69.1 Å². The maximum absolute atomic E-state index is 8.49. The minimum Gasteiger partial charge on any atom is -0.412 e. The molecule has 84 heavy (non-hydrogen) atoms. The summed E-state index contributed by atoms with van der Waals surface area (Å²) in [4.78, 5) is 17.4. The number of benzene rings is 7. The number of nitriles is 2. The first-order valence-corrected chi connectivity index (χ1v) is 29.5. The van der Waals surface area contributed by atoms with Crippen molar-refractivity contribution < 1.29 is 103 Å². The van der Waals surface area contributed by atoms with E-state index in [-0.39, 0.29) is 45.1 Å². The largest absolute Gasteiger partial charge is 1.00 e. The molecule has 7 aromatic carbocycles.